The van der Waals surface area contributed by atoms with Crippen molar-refractivity contribution in [2.45, 2.75) is 13.3 Å². The lowest BCUT2D eigenvalue weighted by Crippen LogP contribution is -2.10. The van der Waals surface area contributed by atoms with Crippen molar-refractivity contribution < 1.29 is 0 Å². The van der Waals surface area contributed by atoms with Crippen molar-refractivity contribution in [3.8, 4) is 10.8 Å². The van der Waals surface area contributed by atoms with Gasteiger partial charge in [-0.1, -0.05) is 29.9 Å². The van der Waals surface area contributed by atoms with Crippen LogP contribution in [-0.4, -0.2) is 15.0 Å². The molecule has 0 saturated carbocycles. The van der Waals surface area contributed by atoms with E-state index < -0.39 is 0 Å². The van der Waals surface area contributed by atoms with Gasteiger partial charge in [0.25, 0.3) is 0 Å². The fourth-order valence-electron chi connectivity index (χ4n) is 1.21. The normalized spacial score (nSPS) is 10.4. The fourth-order valence-corrected chi connectivity index (χ4v) is 2.05. The maximum atomic E-state index is 5.82. The highest BCUT2D eigenvalue weighted by molar-refractivity contribution is 7.18. The molecule has 0 aromatic carbocycles. The van der Waals surface area contributed by atoms with Crippen LogP contribution >= 0.6 is 22.9 Å². The van der Waals surface area contributed by atoms with Gasteiger partial charge >= 0.3 is 0 Å². The molecule has 84 valence electrons. The van der Waals surface area contributed by atoms with Gasteiger partial charge in [0.1, 0.15) is 10.2 Å². The summed E-state index contributed by atoms with van der Waals surface area (Å²) in [5.74, 6) is 6.46. The second-order valence-electron chi connectivity index (χ2n) is 3.04. The number of anilines is 1. The number of hydrazine groups is 1. The molecule has 3 N–H and O–H groups in total. The van der Waals surface area contributed by atoms with Crippen molar-refractivity contribution in [3.63, 3.8) is 0 Å². The summed E-state index contributed by atoms with van der Waals surface area (Å²) in [6.07, 6.45) is 2.39. The zero-order chi connectivity index (χ0) is 11.5. The van der Waals surface area contributed by atoms with Crippen LogP contribution in [-0.2, 0) is 6.42 Å². The van der Waals surface area contributed by atoms with Crippen LogP contribution in [0.25, 0.3) is 10.8 Å². The molecule has 0 bridgehead atoms. The van der Waals surface area contributed by atoms with Gasteiger partial charge in [0.15, 0.2) is 10.8 Å². The van der Waals surface area contributed by atoms with E-state index in [0.29, 0.717) is 21.0 Å². The quantitative estimate of drug-likeness (QED) is 0.649. The average Bonchev–Trinajstić information content (AvgIpc) is 2.75. The van der Waals surface area contributed by atoms with Gasteiger partial charge in [-0.15, -0.1) is 0 Å². The second kappa shape index (κ2) is 4.73. The zero-order valence-electron chi connectivity index (χ0n) is 8.57. The Bertz CT molecular complexity index is 476. The van der Waals surface area contributed by atoms with Gasteiger partial charge in [-0.2, -0.15) is 0 Å². The van der Waals surface area contributed by atoms with Crippen LogP contribution in [0.2, 0.25) is 4.34 Å². The van der Waals surface area contributed by atoms with Gasteiger partial charge in [0.2, 0.25) is 0 Å². The Labute approximate surface area is 102 Å². The second-order valence-corrected chi connectivity index (χ2v) is 4.70. The average molecular weight is 256 g/mol. The lowest BCUT2D eigenvalue weighted by Gasteiger charge is -2.04. The SMILES string of the molecule is CCc1cc(NN)nc(-c2ncc(Cl)s2)n1. The number of rotatable bonds is 3. The molecule has 0 saturated heterocycles. The van der Waals surface area contributed by atoms with Gasteiger partial charge < -0.3 is 5.43 Å². The summed E-state index contributed by atoms with van der Waals surface area (Å²) >= 11 is 7.16. The maximum Gasteiger partial charge on any atom is 0.191 e. The highest BCUT2D eigenvalue weighted by Gasteiger charge is 2.09. The molecule has 0 aliphatic rings. The van der Waals surface area contributed by atoms with Crippen molar-refractivity contribution in [1.29, 1.82) is 0 Å². The van der Waals surface area contributed by atoms with Crippen LogP contribution < -0.4 is 11.3 Å². The van der Waals surface area contributed by atoms with Crippen LogP contribution in [0, 0.1) is 0 Å². The first-order chi connectivity index (χ1) is 7.72. The molecule has 0 spiro atoms. The smallest absolute Gasteiger partial charge is 0.191 e. The lowest BCUT2D eigenvalue weighted by atomic mass is 10.3. The molecule has 0 amide bonds. The molecule has 7 heteroatoms. The number of nitrogen functional groups attached to an aromatic ring is 1. The van der Waals surface area contributed by atoms with Crippen LogP contribution in [0.15, 0.2) is 12.3 Å². The van der Waals surface area contributed by atoms with E-state index in [1.165, 1.54) is 11.3 Å². The minimum atomic E-state index is 0.546. The first-order valence-electron chi connectivity index (χ1n) is 4.69. The topological polar surface area (TPSA) is 76.7 Å². The summed E-state index contributed by atoms with van der Waals surface area (Å²) in [5, 5.41) is 0.691. The molecule has 2 aromatic heterocycles. The molecule has 16 heavy (non-hydrogen) atoms. The van der Waals surface area contributed by atoms with Gasteiger partial charge in [-0.3, -0.25) is 0 Å². The minimum Gasteiger partial charge on any atom is -0.308 e. The number of nitrogens with two attached hydrogens (primary N) is 1. The highest BCUT2D eigenvalue weighted by atomic mass is 35.5. The molecule has 2 aromatic rings. The van der Waals surface area contributed by atoms with E-state index in [2.05, 4.69) is 20.4 Å². The number of aromatic nitrogens is 3. The van der Waals surface area contributed by atoms with Crippen molar-refractivity contribution in [3.05, 3.63) is 22.3 Å². The van der Waals surface area contributed by atoms with Crippen molar-refractivity contribution in [2.24, 2.45) is 5.84 Å². The Hall–Kier alpha value is -1.24. The molecule has 2 heterocycles. The third kappa shape index (κ3) is 2.29. The Morgan fingerprint density at radius 3 is 2.88 bits per heavy atom. The predicted octanol–water partition coefficient (Wildman–Crippen LogP) is 2.10. The van der Waals surface area contributed by atoms with Gasteiger partial charge in [0, 0.05) is 11.8 Å². The molecule has 2 rings (SSSR count). The summed E-state index contributed by atoms with van der Waals surface area (Å²) in [6, 6.07) is 1.80. The van der Waals surface area contributed by atoms with Crippen molar-refractivity contribution in [1.82, 2.24) is 15.0 Å². The number of nitrogens with one attached hydrogen (secondary N) is 1. The number of halogens is 1. The summed E-state index contributed by atoms with van der Waals surface area (Å²) in [5.41, 5.74) is 3.42. The zero-order valence-corrected chi connectivity index (χ0v) is 10.1. The third-order valence-electron chi connectivity index (χ3n) is 1.96. The van der Waals surface area contributed by atoms with E-state index in [1.54, 1.807) is 12.3 Å². The number of aryl methyl sites for hydroxylation is 1. The third-order valence-corrected chi connectivity index (χ3v) is 3.07. The van der Waals surface area contributed by atoms with Crippen LogP contribution in [0.3, 0.4) is 0 Å². The van der Waals surface area contributed by atoms with E-state index >= 15 is 0 Å². The molecule has 5 nitrogen and oxygen atoms in total. The van der Waals surface area contributed by atoms with Gasteiger partial charge in [-0.25, -0.2) is 20.8 Å². The Balaban J connectivity index is 2.47. The molecule has 0 fully saturated rings. The van der Waals surface area contributed by atoms with E-state index in [9.17, 15) is 0 Å². The summed E-state index contributed by atoms with van der Waals surface area (Å²) in [4.78, 5) is 12.7. The highest BCUT2D eigenvalue weighted by Crippen LogP contribution is 2.26. The monoisotopic (exact) mass is 255 g/mol. The van der Waals surface area contributed by atoms with E-state index in [1.807, 2.05) is 6.92 Å². The molecule has 0 radical (unpaired) electrons. The van der Waals surface area contributed by atoms with Crippen molar-refractivity contribution in [2.75, 3.05) is 5.43 Å². The molecule has 0 unspecified atom stereocenters. The predicted molar refractivity (Wildman–Crippen MR) is 65.3 cm³/mol. The number of hydrogen-bond donors (Lipinski definition) is 2. The van der Waals surface area contributed by atoms with Crippen LogP contribution in [0.5, 0.6) is 0 Å². The summed E-state index contributed by atoms with van der Waals surface area (Å²) < 4.78 is 0.614. The van der Waals surface area contributed by atoms with Crippen molar-refractivity contribution >= 4 is 28.8 Å². The first kappa shape index (κ1) is 11.3. The Kier molecular flexibility index (Phi) is 3.33. The Morgan fingerprint density at radius 2 is 2.31 bits per heavy atom. The van der Waals surface area contributed by atoms with Crippen LogP contribution in [0.1, 0.15) is 12.6 Å². The number of nitrogens with zero attached hydrogens (tertiary/aromatic N) is 3. The fraction of sp³-hybridized carbons (Fsp3) is 0.222. The summed E-state index contributed by atoms with van der Waals surface area (Å²) in [7, 11) is 0. The standard InChI is InChI=1S/C9H10ClN5S/c1-2-5-3-7(15-11)14-8(13-5)9-12-4-6(10)16-9/h3-4H,2,11H2,1H3,(H,13,14,15). The first-order valence-corrected chi connectivity index (χ1v) is 5.88. The van der Waals surface area contributed by atoms with E-state index in [0.717, 1.165) is 12.1 Å². The summed E-state index contributed by atoms with van der Waals surface area (Å²) in [6.45, 7) is 2.02. The minimum absolute atomic E-state index is 0.546. The van der Waals surface area contributed by atoms with E-state index in [4.69, 9.17) is 17.4 Å². The van der Waals surface area contributed by atoms with Crippen LogP contribution in [0.4, 0.5) is 5.82 Å². The van der Waals surface area contributed by atoms with Gasteiger partial charge in [0.05, 0.1) is 6.20 Å². The van der Waals surface area contributed by atoms with Gasteiger partial charge in [-0.05, 0) is 6.42 Å². The largest absolute Gasteiger partial charge is 0.308 e. The lowest BCUT2D eigenvalue weighted by molar-refractivity contribution is 0.999. The number of hydrogen-bond acceptors (Lipinski definition) is 6. The molecule has 0 atom stereocenters. The molecule has 0 aliphatic heterocycles. The maximum absolute atomic E-state index is 5.82. The molecule has 0 aliphatic carbocycles. The molecular formula is C9H10ClN5S. The van der Waals surface area contributed by atoms with E-state index in [-0.39, 0.29) is 0 Å². The Morgan fingerprint density at radius 1 is 1.50 bits per heavy atom. The molecular weight excluding hydrogens is 246 g/mol. The number of thiazole rings is 1.